The number of anilines is 3. The van der Waals surface area contributed by atoms with Crippen LogP contribution >= 0.6 is 12.4 Å². The van der Waals surface area contributed by atoms with Crippen molar-refractivity contribution in [3.05, 3.63) is 119 Å². The van der Waals surface area contributed by atoms with E-state index >= 15 is 0 Å². The van der Waals surface area contributed by atoms with Gasteiger partial charge in [-0.15, -0.1) is 12.4 Å². The zero-order chi connectivity index (χ0) is 34.1. The highest BCUT2D eigenvalue weighted by Gasteiger charge is 2.27. The van der Waals surface area contributed by atoms with Crippen molar-refractivity contribution >= 4 is 47.0 Å². The number of rotatable bonds is 8. The van der Waals surface area contributed by atoms with Gasteiger partial charge >= 0.3 is 11.7 Å². The van der Waals surface area contributed by atoms with Gasteiger partial charge in [0.1, 0.15) is 17.1 Å². The van der Waals surface area contributed by atoms with E-state index in [2.05, 4.69) is 35.4 Å². The lowest BCUT2D eigenvalue weighted by molar-refractivity contribution is 0.0687. The molecule has 252 valence electrons. The van der Waals surface area contributed by atoms with Crippen molar-refractivity contribution in [3.63, 3.8) is 0 Å². The number of aromatic carboxylic acids is 1. The number of amides is 1. The molecule has 0 radical (unpaired) electrons. The second-order valence-electron chi connectivity index (χ2n) is 10.9. The van der Waals surface area contributed by atoms with Gasteiger partial charge < -0.3 is 32.9 Å². The highest BCUT2D eigenvalue weighted by atomic mass is 35.5. The molecule has 3 heterocycles. The number of carbonyl (C=O) groups is 2. The summed E-state index contributed by atoms with van der Waals surface area (Å²) in [5.41, 5.74) is 20.4. The molecule has 0 unspecified atom stereocenters. The summed E-state index contributed by atoms with van der Waals surface area (Å²) < 4.78 is 5.62. The van der Waals surface area contributed by atoms with Gasteiger partial charge in [0.25, 0.3) is 16.8 Å². The Balaban J connectivity index is 0.000000221. The number of nitrogen functional groups attached to an aromatic ring is 2. The molecule has 0 fully saturated rings. The minimum Gasteiger partial charge on any atom is -0.477 e. The van der Waals surface area contributed by atoms with Gasteiger partial charge in [0, 0.05) is 24.7 Å². The molecule has 0 spiro atoms. The molecule has 3 aromatic carbocycles. The van der Waals surface area contributed by atoms with Crippen LogP contribution in [0.15, 0.2) is 73.6 Å². The fourth-order valence-corrected chi connectivity index (χ4v) is 5.39. The number of nitrogens with one attached hydrogen (secondary N) is 3. The van der Waals surface area contributed by atoms with E-state index in [0.717, 1.165) is 32.8 Å². The molecule has 1 amide bonds. The molecule has 0 aliphatic heterocycles. The van der Waals surface area contributed by atoms with Gasteiger partial charge in [-0.25, -0.2) is 19.1 Å². The van der Waals surface area contributed by atoms with Crippen molar-refractivity contribution < 1.29 is 19.2 Å². The van der Waals surface area contributed by atoms with Crippen LogP contribution in [-0.4, -0.2) is 41.7 Å². The predicted octanol–water partition coefficient (Wildman–Crippen LogP) is 1.13. The number of aromatic nitrogens is 5. The first-order valence-corrected chi connectivity index (χ1v) is 14.5. The summed E-state index contributed by atoms with van der Waals surface area (Å²) in [5, 5.41) is 22.8. The Morgan fingerprint density at radius 3 is 2.53 bits per heavy atom. The summed E-state index contributed by atoms with van der Waals surface area (Å²) in [7, 11) is 0. The molecule has 6 aromatic rings. The molecule has 1 atom stereocenters. The summed E-state index contributed by atoms with van der Waals surface area (Å²) >= 11 is 0. The van der Waals surface area contributed by atoms with Crippen molar-refractivity contribution in [2.45, 2.75) is 32.0 Å². The van der Waals surface area contributed by atoms with Crippen LogP contribution in [0.2, 0.25) is 0 Å². The van der Waals surface area contributed by atoms with E-state index in [4.69, 9.17) is 17.2 Å². The maximum Gasteiger partial charge on any atom is 0.439 e. The summed E-state index contributed by atoms with van der Waals surface area (Å²) in [4.78, 5) is 64.3. The summed E-state index contributed by atoms with van der Waals surface area (Å²) in [6.07, 6.45) is 2.64. The molecular formula is C31H29ClN10O7. The van der Waals surface area contributed by atoms with Crippen molar-refractivity contribution in [2.75, 3.05) is 16.8 Å². The molecule has 7 rings (SSSR count). The van der Waals surface area contributed by atoms with Crippen molar-refractivity contribution in [3.8, 4) is 11.4 Å². The molecule has 0 saturated carbocycles. The average molecular weight is 689 g/mol. The van der Waals surface area contributed by atoms with Crippen LogP contribution in [-0.2, 0) is 19.5 Å². The molecule has 3 aromatic heterocycles. The van der Waals surface area contributed by atoms with Crippen LogP contribution in [0.1, 0.15) is 55.7 Å². The summed E-state index contributed by atoms with van der Waals surface area (Å²) in [6, 6.07) is 14.1. The number of nitrogens with two attached hydrogens (primary N) is 3. The van der Waals surface area contributed by atoms with E-state index in [1.807, 2.05) is 36.4 Å². The lowest BCUT2D eigenvalue weighted by atomic mass is 10.0. The van der Waals surface area contributed by atoms with Crippen LogP contribution < -0.4 is 44.4 Å². The number of aryl methyl sites for hydroxylation is 1. The molecule has 0 bridgehead atoms. The van der Waals surface area contributed by atoms with E-state index in [9.17, 15) is 29.1 Å². The van der Waals surface area contributed by atoms with Gasteiger partial charge in [-0.2, -0.15) is 5.10 Å². The highest BCUT2D eigenvalue weighted by Crippen LogP contribution is 2.33. The smallest absolute Gasteiger partial charge is 0.439 e. The fourth-order valence-electron chi connectivity index (χ4n) is 5.39. The highest BCUT2D eigenvalue weighted by molar-refractivity contribution is 5.97. The number of carboxylic acid groups (broad SMARTS) is 1. The number of nitrogens with zero attached hydrogens (tertiary/aromatic N) is 4. The van der Waals surface area contributed by atoms with E-state index in [1.165, 1.54) is 6.20 Å². The third kappa shape index (κ3) is 6.74. The molecular weight excluding hydrogens is 660 g/mol. The average Bonchev–Trinajstić information content (AvgIpc) is 3.82. The first kappa shape index (κ1) is 34.0. The third-order valence-electron chi connectivity index (χ3n) is 7.83. The maximum absolute atomic E-state index is 12.9. The Hall–Kier alpha value is -6.33. The number of hydrogen-bond donors (Lipinski definition) is 7. The van der Waals surface area contributed by atoms with Gasteiger partial charge in [0.2, 0.25) is 0 Å². The van der Waals surface area contributed by atoms with Crippen molar-refractivity contribution in [1.82, 2.24) is 30.1 Å². The topological polar surface area (TPSA) is 280 Å². The Bertz CT molecular complexity index is 2340. The maximum atomic E-state index is 12.9. The van der Waals surface area contributed by atoms with E-state index in [1.54, 1.807) is 6.07 Å². The standard InChI is InChI=1S/C19H15N7O5.C12H13N3O2.ClH/c20-11-7-21-26-14(18(28)29)6-13(22-16(11)26)17(27)23-12-4-2-8-5-9(1-3-10(8)12)15-24-19(30)31-25-15;13-5-7-2-1-3-8(4-7)6-15-10-9(14)11(16)12(10)17;/h1,3,5-7,12H,2,4,20H2,(H,23,27)(H,28,29)(H,24,25,30);1-4,15H,5-6,13-14H2;1H/t12-;;/m0../s1. The second-order valence-corrected chi connectivity index (χ2v) is 10.9. The van der Waals surface area contributed by atoms with Gasteiger partial charge in [-0.3, -0.25) is 23.9 Å². The van der Waals surface area contributed by atoms with E-state index < -0.39 is 28.5 Å². The van der Waals surface area contributed by atoms with Crippen molar-refractivity contribution in [2.24, 2.45) is 5.73 Å². The monoisotopic (exact) mass is 688 g/mol. The Kier molecular flexibility index (Phi) is 9.58. The number of halogens is 1. The van der Waals surface area contributed by atoms with E-state index in [0.29, 0.717) is 37.3 Å². The quantitative estimate of drug-likeness (QED) is 0.110. The molecule has 1 aliphatic carbocycles. The SMILES string of the molecule is Cl.NCc1cccc(CNc2c(N)c(=O)c2=O)c1.Nc1cnn2c(C(=O)O)cc(C(=O)N[C@H]3CCc4cc(-c5noc(=O)[nH]5)ccc43)nc12. The molecule has 18 heteroatoms. The zero-order valence-corrected chi connectivity index (χ0v) is 26.2. The van der Waals surface area contributed by atoms with Gasteiger partial charge in [0.15, 0.2) is 17.2 Å². The number of hydrogen-bond acceptors (Lipinski definition) is 13. The summed E-state index contributed by atoms with van der Waals surface area (Å²) in [5.74, 6) is -2.08. The number of benzene rings is 2. The van der Waals surface area contributed by atoms with Crippen LogP contribution in [0.5, 0.6) is 0 Å². The molecule has 17 nitrogen and oxygen atoms in total. The Morgan fingerprint density at radius 1 is 1.06 bits per heavy atom. The van der Waals surface area contributed by atoms with E-state index in [-0.39, 0.29) is 52.5 Å². The first-order chi connectivity index (χ1) is 23.0. The van der Waals surface area contributed by atoms with Crippen LogP contribution in [0, 0.1) is 0 Å². The number of carbonyl (C=O) groups excluding carboxylic acids is 1. The van der Waals surface area contributed by atoms with Gasteiger partial charge in [-0.05, 0) is 41.2 Å². The Labute approximate surface area is 281 Å². The third-order valence-corrected chi connectivity index (χ3v) is 7.83. The van der Waals surface area contributed by atoms with Gasteiger partial charge in [0.05, 0.1) is 17.9 Å². The first-order valence-electron chi connectivity index (χ1n) is 14.5. The molecule has 0 saturated heterocycles. The summed E-state index contributed by atoms with van der Waals surface area (Å²) in [6.45, 7) is 0.916. The lowest BCUT2D eigenvalue weighted by Gasteiger charge is -2.14. The molecule has 49 heavy (non-hydrogen) atoms. The normalized spacial score (nSPS) is 13.3. The van der Waals surface area contributed by atoms with Gasteiger partial charge in [-0.1, -0.05) is 41.6 Å². The van der Waals surface area contributed by atoms with Crippen molar-refractivity contribution in [1.29, 1.82) is 0 Å². The van der Waals surface area contributed by atoms with Crippen LogP contribution in [0.25, 0.3) is 17.0 Å². The predicted molar refractivity (Wildman–Crippen MR) is 180 cm³/mol. The number of fused-ring (bicyclic) bond motifs is 2. The zero-order valence-electron chi connectivity index (χ0n) is 25.4. The minimum atomic E-state index is -1.26. The lowest BCUT2D eigenvalue weighted by Crippen LogP contribution is -2.36. The minimum absolute atomic E-state index is 0. The molecule has 1 aliphatic rings. The molecule has 10 N–H and O–H groups in total. The largest absolute Gasteiger partial charge is 0.477 e. The number of aromatic amines is 1. The van der Waals surface area contributed by atoms with Crippen LogP contribution in [0.3, 0.4) is 0 Å². The second kappa shape index (κ2) is 13.8. The van der Waals surface area contributed by atoms with Crippen LogP contribution in [0.4, 0.5) is 17.1 Å². The number of carboxylic acids is 1. The fraction of sp³-hybridized carbons (Fsp3) is 0.161. The Morgan fingerprint density at radius 2 is 1.84 bits per heavy atom. The number of H-pyrrole nitrogens is 1.